The molecule has 0 unspecified atom stereocenters. The summed E-state index contributed by atoms with van der Waals surface area (Å²) < 4.78 is 14.8. The van der Waals surface area contributed by atoms with E-state index in [-0.39, 0.29) is 11.4 Å². The van der Waals surface area contributed by atoms with Crippen molar-refractivity contribution in [2.24, 2.45) is 0 Å². The highest BCUT2D eigenvalue weighted by Crippen LogP contribution is 2.16. The molecule has 1 N–H and O–H groups in total. The van der Waals surface area contributed by atoms with Crippen molar-refractivity contribution in [3.05, 3.63) is 52.5 Å². The van der Waals surface area contributed by atoms with Crippen LogP contribution in [-0.4, -0.2) is 19.4 Å². The molecule has 0 saturated heterocycles. The molecule has 0 atom stereocenters. The Hall–Kier alpha value is -2.50. The average molecular weight is 244 g/mol. The fourth-order valence-corrected chi connectivity index (χ4v) is 1.72. The number of rotatable bonds is 1. The smallest absolute Gasteiger partial charge is 0.254 e. The standard InChI is InChI=1S/C12H9FN4O/c1-7-4-15-11(16-12(7)18)9-5-14-10-3-2-8(13)6-17(9)10/h2-6H,1H3,(H,15,16,18). The van der Waals surface area contributed by atoms with Gasteiger partial charge in [0.1, 0.15) is 17.2 Å². The lowest BCUT2D eigenvalue weighted by Crippen LogP contribution is -2.11. The lowest BCUT2D eigenvalue weighted by atomic mass is 10.3. The topological polar surface area (TPSA) is 63.1 Å². The highest BCUT2D eigenvalue weighted by Gasteiger charge is 2.09. The molecular formula is C12H9FN4O. The number of hydrogen-bond donors (Lipinski definition) is 1. The average Bonchev–Trinajstić information content (AvgIpc) is 2.75. The van der Waals surface area contributed by atoms with Crippen molar-refractivity contribution >= 4 is 5.65 Å². The zero-order valence-electron chi connectivity index (χ0n) is 9.51. The first-order valence-corrected chi connectivity index (χ1v) is 5.34. The van der Waals surface area contributed by atoms with Crippen molar-refractivity contribution in [3.63, 3.8) is 0 Å². The van der Waals surface area contributed by atoms with Gasteiger partial charge in [-0.25, -0.2) is 14.4 Å². The van der Waals surface area contributed by atoms with Crippen LogP contribution >= 0.6 is 0 Å². The van der Waals surface area contributed by atoms with E-state index in [1.54, 1.807) is 23.6 Å². The maximum absolute atomic E-state index is 13.2. The predicted molar refractivity (Wildman–Crippen MR) is 63.7 cm³/mol. The molecule has 3 heterocycles. The van der Waals surface area contributed by atoms with E-state index in [1.165, 1.54) is 18.5 Å². The minimum Gasteiger partial charge on any atom is -0.305 e. The van der Waals surface area contributed by atoms with E-state index in [0.29, 0.717) is 22.7 Å². The molecule has 0 radical (unpaired) electrons. The monoisotopic (exact) mass is 244 g/mol. The number of halogens is 1. The number of imidazole rings is 1. The molecule has 5 nitrogen and oxygen atoms in total. The Kier molecular flexibility index (Phi) is 2.22. The van der Waals surface area contributed by atoms with Crippen molar-refractivity contribution in [1.82, 2.24) is 19.4 Å². The summed E-state index contributed by atoms with van der Waals surface area (Å²) in [6.07, 6.45) is 4.33. The van der Waals surface area contributed by atoms with Crippen LogP contribution in [0.4, 0.5) is 4.39 Å². The number of aromatic amines is 1. The first-order chi connectivity index (χ1) is 8.65. The van der Waals surface area contributed by atoms with Crippen LogP contribution in [0.15, 0.2) is 35.5 Å². The van der Waals surface area contributed by atoms with E-state index >= 15 is 0 Å². The van der Waals surface area contributed by atoms with Crippen LogP contribution in [0.25, 0.3) is 17.2 Å². The number of hydrogen-bond acceptors (Lipinski definition) is 3. The Labute approximate surface area is 101 Å². The van der Waals surface area contributed by atoms with Crippen molar-refractivity contribution in [2.75, 3.05) is 0 Å². The Morgan fingerprint density at radius 3 is 2.89 bits per heavy atom. The molecule has 6 heteroatoms. The lowest BCUT2D eigenvalue weighted by Gasteiger charge is -2.01. The van der Waals surface area contributed by atoms with Gasteiger partial charge in [-0.1, -0.05) is 0 Å². The Morgan fingerprint density at radius 2 is 2.11 bits per heavy atom. The normalized spacial score (nSPS) is 11.0. The van der Waals surface area contributed by atoms with E-state index < -0.39 is 0 Å². The zero-order chi connectivity index (χ0) is 12.7. The zero-order valence-corrected chi connectivity index (χ0v) is 9.51. The number of H-pyrrole nitrogens is 1. The molecule has 90 valence electrons. The summed E-state index contributed by atoms with van der Waals surface area (Å²) in [5, 5.41) is 0. The van der Waals surface area contributed by atoms with E-state index in [1.807, 2.05) is 0 Å². The van der Waals surface area contributed by atoms with Crippen LogP contribution in [-0.2, 0) is 0 Å². The van der Waals surface area contributed by atoms with Crippen molar-refractivity contribution in [3.8, 4) is 11.5 Å². The van der Waals surface area contributed by atoms with Crippen LogP contribution in [0.1, 0.15) is 5.56 Å². The fourth-order valence-electron chi connectivity index (χ4n) is 1.72. The van der Waals surface area contributed by atoms with Crippen molar-refractivity contribution in [1.29, 1.82) is 0 Å². The van der Waals surface area contributed by atoms with E-state index in [0.717, 1.165) is 0 Å². The molecule has 0 aromatic carbocycles. The quantitative estimate of drug-likeness (QED) is 0.706. The first-order valence-electron chi connectivity index (χ1n) is 5.34. The van der Waals surface area contributed by atoms with Crippen LogP contribution in [0.3, 0.4) is 0 Å². The first kappa shape index (κ1) is 10.6. The highest BCUT2D eigenvalue weighted by atomic mass is 19.1. The van der Waals surface area contributed by atoms with Crippen molar-refractivity contribution in [2.45, 2.75) is 6.92 Å². The molecule has 0 aliphatic heterocycles. The maximum atomic E-state index is 13.2. The maximum Gasteiger partial charge on any atom is 0.254 e. The number of nitrogens with zero attached hydrogens (tertiary/aromatic N) is 3. The summed E-state index contributed by atoms with van der Waals surface area (Å²) in [7, 11) is 0. The van der Waals surface area contributed by atoms with Gasteiger partial charge in [-0.05, 0) is 19.1 Å². The second-order valence-electron chi connectivity index (χ2n) is 3.96. The fraction of sp³-hybridized carbons (Fsp3) is 0.0833. The third-order valence-electron chi connectivity index (χ3n) is 2.69. The lowest BCUT2D eigenvalue weighted by molar-refractivity contribution is 0.619. The Morgan fingerprint density at radius 1 is 1.28 bits per heavy atom. The summed E-state index contributed by atoms with van der Waals surface area (Å²) in [5.74, 6) is -0.0140. The number of nitrogens with one attached hydrogen (secondary N) is 1. The van der Waals surface area contributed by atoms with Crippen molar-refractivity contribution < 1.29 is 4.39 Å². The van der Waals surface area contributed by atoms with Gasteiger partial charge in [-0.2, -0.15) is 0 Å². The van der Waals surface area contributed by atoms with Crippen LogP contribution in [0.2, 0.25) is 0 Å². The minimum absolute atomic E-state index is 0.216. The van der Waals surface area contributed by atoms with Gasteiger partial charge >= 0.3 is 0 Å². The molecule has 3 rings (SSSR count). The van der Waals surface area contributed by atoms with E-state index in [9.17, 15) is 9.18 Å². The van der Waals surface area contributed by atoms with Gasteiger partial charge in [-0.15, -0.1) is 0 Å². The molecule has 0 aliphatic carbocycles. The molecule has 0 fully saturated rings. The minimum atomic E-state index is -0.379. The second kappa shape index (κ2) is 3.76. The molecule has 0 spiro atoms. The number of aryl methyl sites for hydroxylation is 1. The highest BCUT2D eigenvalue weighted by molar-refractivity contribution is 5.56. The van der Waals surface area contributed by atoms with Gasteiger partial charge in [0.05, 0.1) is 6.20 Å². The summed E-state index contributed by atoms with van der Waals surface area (Å²) in [4.78, 5) is 22.4. The molecule has 0 saturated carbocycles. The molecule has 0 bridgehead atoms. The SMILES string of the molecule is Cc1cnc(-c2cnc3ccc(F)cn23)[nH]c1=O. The summed E-state index contributed by atoms with van der Waals surface area (Å²) in [6, 6.07) is 2.89. The summed E-state index contributed by atoms with van der Waals surface area (Å²) >= 11 is 0. The molecule has 0 amide bonds. The van der Waals surface area contributed by atoms with Gasteiger partial charge in [0, 0.05) is 18.0 Å². The predicted octanol–water partition coefficient (Wildman–Crippen LogP) is 1.53. The number of aromatic nitrogens is 4. The molecular weight excluding hydrogens is 235 g/mol. The molecule has 3 aromatic heterocycles. The van der Waals surface area contributed by atoms with Gasteiger partial charge in [0.25, 0.3) is 5.56 Å². The molecule has 0 aliphatic rings. The number of fused-ring (bicyclic) bond motifs is 1. The van der Waals surface area contributed by atoms with Gasteiger partial charge in [0.2, 0.25) is 0 Å². The summed E-state index contributed by atoms with van der Waals surface area (Å²) in [6.45, 7) is 1.67. The summed E-state index contributed by atoms with van der Waals surface area (Å²) in [5.41, 5.74) is 1.45. The van der Waals surface area contributed by atoms with Gasteiger partial charge in [0.15, 0.2) is 5.82 Å². The largest absolute Gasteiger partial charge is 0.305 e. The van der Waals surface area contributed by atoms with E-state index in [4.69, 9.17) is 0 Å². The Bertz CT molecular complexity index is 790. The van der Waals surface area contributed by atoms with Gasteiger partial charge in [-0.3, -0.25) is 9.20 Å². The van der Waals surface area contributed by atoms with E-state index in [2.05, 4.69) is 15.0 Å². The second-order valence-corrected chi connectivity index (χ2v) is 3.96. The third kappa shape index (κ3) is 1.58. The van der Waals surface area contributed by atoms with Crippen LogP contribution in [0, 0.1) is 12.7 Å². The molecule has 3 aromatic rings. The number of pyridine rings is 1. The van der Waals surface area contributed by atoms with Crippen LogP contribution < -0.4 is 5.56 Å². The van der Waals surface area contributed by atoms with Crippen LogP contribution in [0.5, 0.6) is 0 Å². The Balaban J connectivity index is 2.28. The van der Waals surface area contributed by atoms with Gasteiger partial charge < -0.3 is 4.98 Å². The molecule has 18 heavy (non-hydrogen) atoms. The third-order valence-corrected chi connectivity index (χ3v) is 2.69.